The van der Waals surface area contributed by atoms with E-state index in [0.29, 0.717) is 6.54 Å². The second-order valence-corrected chi connectivity index (χ2v) is 5.30. The number of alkyl halides is 3. The normalized spacial score (nSPS) is 13.3. The summed E-state index contributed by atoms with van der Waals surface area (Å²) in [6, 6.07) is 5.87. The van der Waals surface area contributed by atoms with Crippen LogP contribution in [0.25, 0.3) is 11.0 Å². The predicted octanol–water partition coefficient (Wildman–Crippen LogP) is 3.93. The number of rotatable bonds is 6. The summed E-state index contributed by atoms with van der Waals surface area (Å²) in [5.41, 5.74) is 2.91. The van der Waals surface area contributed by atoms with Crippen molar-refractivity contribution in [2.24, 2.45) is 0 Å². The number of hydrogen-bond donors (Lipinski definition) is 0. The van der Waals surface area contributed by atoms with E-state index < -0.39 is 13.0 Å². The highest BCUT2D eigenvalue weighted by Crippen LogP contribution is 2.26. The van der Waals surface area contributed by atoms with Gasteiger partial charge in [-0.05, 0) is 25.5 Å². The number of benzene rings is 1. The van der Waals surface area contributed by atoms with E-state index in [2.05, 4.69) is 4.98 Å². The molecule has 2 aromatic rings. The molecule has 0 N–H and O–H groups in total. The SMILES string of the molecule is Cc1cccc2c1nc(C(C)Cl)n2CCOCC(F)F. The molecule has 0 saturated heterocycles. The molecule has 0 spiro atoms. The van der Waals surface area contributed by atoms with Crippen molar-refractivity contribution >= 4 is 22.6 Å². The van der Waals surface area contributed by atoms with E-state index in [1.807, 2.05) is 36.6 Å². The molecule has 0 amide bonds. The van der Waals surface area contributed by atoms with Gasteiger partial charge in [-0.3, -0.25) is 0 Å². The third-order valence-electron chi connectivity index (χ3n) is 3.07. The molecule has 0 aliphatic heterocycles. The Balaban J connectivity index is 2.25. The van der Waals surface area contributed by atoms with E-state index in [9.17, 15) is 8.78 Å². The van der Waals surface area contributed by atoms with Crippen molar-refractivity contribution in [3.8, 4) is 0 Å². The summed E-state index contributed by atoms with van der Waals surface area (Å²) in [5, 5.41) is -0.253. The average Bonchev–Trinajstić information content (AvgIpc) is 2.75. The Kier molecular flexibility index (Phi) is 4.94. The van der Waals surface area contributed by atoms with Crippen LogP contribution in [0.4, 0.5) is 8.78 Å². The van der Waals surface area contributed by atoms with Crippen molar-refractivity contribution in [2.45, 2.75) is 32.2 Å². The second kappa shape index (κ2) is 6.50. The smallest absolute Gasteiger partial charge is 0.261 e. The Morgan fingerprint density at radius 1 is 1.40 bits per heavy atom. The van der Waals surface area contributed by atoms with Crippen LogP contribution in [-0.4, -0.2) is 29.2 Å². The first-order valence-electron chi connectivity index (χ1n) is 6.46. The summed E-state index contributed by atoms with van der Waals surface area (Å²) in [4.78, 5) is 4.55. The zero-order valence-corrected chi connectivity index (χ0v) is 12.2. The van der Waals surface area contributed by atoms with Gasteiger partial charge in [-0.1, -0.05) is 12.1 Å². The summed E-state index contributed by atoms with van der Waals surface area (Å²) >= 11 is 6.15. The van der Waals surface area contributed by atoms with Gasteiger partial charge in [0.05, 0.1) is 23.0 Å². The molecule has 0 saturated carbocycles. The molecule has 6 heteroatoms. The standard InChI is InChI=1S/C14H17ClF2N2O/c1-9-4-3-5-11-13(9)18-14(10(2)15)19(11)6-7-20-8-12(16)17/h3-5,10,12H,6-8H2,1-2H3. The highest BCUT2D eigenvalue weighted by molar-refractivity contribution is 6.20. The molecule has 0 radical (unpaired) electrons. The number of aryl methyl sites for hydroxylation is 1. The number of imidazole rings is 1. The van der Waals surface area contributed by atoms with E-state index in [-0.39, 0.29) is 12.0 Å². The summed E-state index contributed by atoms with van der Waals surface area (Å²) in [6.45, 7) is 3.95. The molecule has 110 valence electrons. The van der Waals surface area contributed by atoms with Crippen molar-refractivity contribution in [1.82, 2.24) is 9.55 Å². The molecule has 0 aliphatic carbocycles. The molecule has 1 heterocycles. The van der Waals surface area contributed by atoms with Gasteiger partial charge < -0.3 is 9.30 Å². The Labute approximate surface area is 121 Å². The van der Waals surface area contributed by atoms with Gasteiger partial charge >= 0.3 is 0 Å². The van der Waals surface area contributed by atoms with Crippen molar-refractivity contribution in [3.63, 3.8) is 0 Å². The quantitative estimate of drug-likeness (QED) is 0.597. The molecule has 2 rings (SSSR count). The monoisotopic (exact) mass is 302 g/mol. The summed E-state index contributed by atoms with van der Waals surface area (Å²) in [6.07, 6.45) is -2.44. The number of nitrogens with zero attached hydrogens (tertiary/aromatic N) is 2. The van der Waals surface area contributed by atoms with Crippen molar-refractivity contribution in [2.75, 3.05) is 13.2 Å². The van der Waals surface area contributed by atoms with Crippen LogP contribution in [-0.2, 0) is 11.3 Å². The first-order chi connectivity index (χ1) is 9.50. The van der Waals surface area contributed by atoms with E-state index in [1.54, 1.807) is 0 Å². The molecule has 0 bridgehead atoms. The van der Waals surface area contributed by atoms with Crippen molar-refractivity contribution in [3.05, 3.63) is 29.6 Å². The van der Waals surface area contributed by atoms with Crippen molar-refractivity contribution in [1.29, 1.82) is 0 Å². The van der Waals surface area contributed by atoms with Gasteiger partial charge in [0, 0.05) is 6.54 Å². The minimum atomic E-state index is -2.44. The van der Waals surface area contributed by atoms with Crippen LogP contribution in [0, 0.1) is 6.92 Å². The van der Waals surface area contributed by atoms with Crippen LogP contribution in [0.15, 0.2) is 18.2 Å². The van der Waals surface area contributed by atoms with Crippen LogP contribution in [0.5, 0.6) is 0 Å². The lowest BCUT2D eigenvalue weighted by Crippen LogP contribution is -2.12. The molecule has 0 aliphatic rings. The summed E-state index contributed by atoms with van der Waals surface area (Å²) in [7, 11) is 0. The minimum absolute atomic E-state index is 0.209. The first-order valence-corrected chi connectivity index (χ1v) is 6.90. The number of hydrogen-bond acceptors (Lipinski definition) is 2. The Bertz CT molecular complexity index is 584. The third-order valence-corrected chi connectivity index (χ3v) is 3.26. The molecule has 3 nitrogen and oxygen atoms in total. The van der Waals surface area contributed by atoms with E-state index >= 15 is 0 Å². The zero-order chi connectivity index (χ0) is 14.7. The molecule has 1 atom stereocenters. The maximum Gasteiger partial charge on any atom is 0.261 e. The van der Waals surface area contributed by atoms with Crippen LogP contribution >= 0.6 is 11.6 Å². The van der Waals surface area contributed by atoms with Gasteiger partial charge in [0.25, 0.3) is 6.43 Å². The van der Waals surface area contributed by atoms with Gasteiger partial charge in [0.1, 0.15) is 12.4 Å². The lowest BCUT2D eigenvalue weighted by Gasteiger charge is -2.11. The highest BCUT2D eigenvalue weighted by atomic mass is 35.5. The topological polar surface area (TPSA) is 27.1 Å². The van der Waals surface area contributed by atoms with Gasteiger partial charge in [0.15, 0.2) is 0 Å². The molecular weight excluding hydrogens is 286 g/mol. The number of ether oxygens (including phenoxy) is 1. The fraction of sp³-hybridized carbons (Fsp3) is 0.500. The zero-order valence-electron chi connectivity index (χ0n) is 11.4. The van der Waals surface area contributed by atoms with E-state index in [1.165, 1.54) is 0 Å². The second-order valence-electron chi connectivity index (χ2n) is 4.65. The summed E-state index contributed by atoms with van der Waals surface area (Å²) < 4.78 is 31.0. The van der Waals surface area contributed by atoms with Crippen molar-refractivity contribution < 1.29 is 13.5 Å². The Morgan fingerprint density at radius 3 is 2.80 bits per heavy atom. The Hall–Kier alpha value is -1.20. The van der Waals surface area contributed by atoms with Crippen LogP contribution in [0.3, 0.4) is 0 Å². The molecule has 1 aromatic heterocycles. The lowest BCUT2D eigenvalue weighted by molar-refractivity contribution is 0.0148. The van der Waals surface area contributed by atoms with E-state index in [4.69, 9.17) is 16.3 Å². The maximum absolute atomic E-state index is 12.0. The first kappa shape index (κ1) is 15.2. The van der Waals surface area contributed by atoms with Gasteiger partial charge in [-0.2, -0.15) is 0 Å². The lowest BCUT2D eigenvalue weighted by atomic mass is 10.2. The van der Waals surface area contributed by atoms with Crippen LogP contribution < -0.4 is 0 Å². The van der Waals surface area contributed by atoms with E-state index in [0.717, 1.165) is 22.4 Å². The van der Waals surface area contributed by atoms with Gasteiger partial charge in [-0.15, -0.1) is 11.6 Å². The molecule has 0 fully saturated rings. The molecular formula is C14H17ClF2N2O. The van der Waals surface area contributed by atoms with Gasteiger partial charge in [0.2, 0.25) is 0 Å². The van der Waals surface area contributed by atoms with Crippen LogP contribution in [0.1, 0.15) is 23.7 Å². The third kappa shape index (κ3) is 3.27. The molecule has 20 heavy (non-hydrogen) atoms. The average molecular weight is 303 g/mol. The van der Waals surface area contributed by atoms with Crippen LogP contribution in [0.2, 0.25) is 0 Å². The highest BCUT2D eigenvalue weighted by Gasteiger charge is 2.15. The van der Waals surface area contributed by atoms with Gasteiger partial charge in [-0.25, -0.2) is 13.8 Å². The number of fused-ring (bicyclic) bond motifs is 1. The summed E-state index contributed by atoms with van der Waals surface area (Å²) in [5.74, 6) is 0.733. The number of para-hydroxylation sites is 1. The number of aromatic nitrogens is 2. The molecule has 1 aromatic carbocycles. The largest absolute Gasteiger partial charge is 0.374 e. The fourth-order valence-corrected chi connectivity index (χ4v) is 2.34. The fourth-order valence-electron chi connectivity index (χ4n) is 2.17. The molecule has 1 unspecified atom stereocenters. The predicted molar refractivity (Wildman–Crippen MR) is 75.6 cm³/mol. The minimum Gasteiger partial charge on any atom is -0.374 e. The number of halogens is 3. The Morgan fingerprint density at radius 2 is 2.15 bits per heavy atom. The maximum atomic E-state index is 12.0.